The number of nitrogens with one attached hydrogen (secondary N) is 1. The number of benzene rings is 1. The molecule has 3 atom stereocenters. The third kappa shape index (κ3) is 4.94. The van der Waals surface area contributed by atoms with E-state index in [9.17, 15) is 0 Å². The molecule has 20 heavy (non-hydrogen) atoms. The van der Waals surface area contributed by atoms with E-state index in [2.05, 4.69) is 50.4 Å². The van der Waals surface area contributed by atoms with Crippen molar-refractivity contribution in [2.75, 3.05) is 0 Å². The highest BCUT2D eigenvalue weighted by Crippen LogP contribution is 2.27. The molecule has 0 saturated heterocycles. The molecule has 0 amide bonds. The Morgan fingerprint density at radius 3 is 2.90 bits per heavy atom. The summed E-state index contributed by atoms with van der Waals surface area (Å²) in [6, 6.07) is 10.3. The summed E-state index contributed by atoms with van der Waals surface area (Å²) >= 11 is 0. The fourth-order valence-corrected chi connectivity index (χ4v) is 3.55. The van der Waals surface area contributed by atoms with Gasteiger partial charge in [0.1, 0.15) is 0 Å². The first kappa shape index (κ1) is 15.6. The van der Waals surface area contributed by atoms with Gasteiger partial charge in [-0.1, -0.05) is 56.0 Å². The van der Waals surface area contributed by atoms with Gasteiger partial charge in [0, 0.05) is 12.1 Å². The molecule has 112 valence electrons. The molecule has 1 saturated carbocycles. The number of aryl methyl sites for hydroxylation is 2. The Morgan fingerprint density at radius 2 is 2.15 bits per heavy atom. The van der Waals surface area contributed by atoms with E-state index in [1.54, 1.807) is 0 Å². The molecule has 1 N–H and O–H groups in total. The third-order valence-corrected chi connectivity index (χ3v) is 4.83. The summed E-state index contributed by atoms with van der Waals surface area (Å²) in [5.41, 5.74) is 2.86. The molecule has 1 aromatic rings. The number of hydrogen-bond donors (Lipinski definition) is 1. The first-order valence-corrected chi connectivity index (χ1v) is 8.49. The summed E-state index contributed by atoms with van der Waals surface area (Å²) in [6.07, 6.45) is 9.44. The standard InChI is InChI=1S/C19H31N/c1-4-17-8-6-10-19(14-17)20-16(3)11-12-18-9-5-7-15(2)13-18/h5,7,9,13,16-17,19-20H,4,6,8,10-12,14H2,1-3H3. The minimum Gasteiger partial charge on any atom is -0.311 e. The van der Waals surface area contributed by atoms with Crippen LogP contribution in [-0.2, 0) is 6.42 Å². The Bertz CT molecular complexity index is 399. The van der Waals surface area contributed by atoms with Gasteiger partial charge in [0.2, 0.25) is 0 Å². The van der Waals surface area contributed by atoms with Crippen molar-refractivity contribution in [3.8, 4) is 0 Å². The molecule has 0 heterocycles. The molecule has 0 aliphatic heterocycles. The average Bonchev–Trinajstić information content (AvgIpc) is 2.45. The first-order valence-electron chi connectivity index (χ1n) is 8.49. The van der Waals surface area contributed by atoms with Crippen LogP contribution in [0.4, 0.5) is 0 Å². The van der Waals surface area contributed by atoms with E-state index in [0.717, 1.165) is 12.0 Å². The van der Waals surface area contributed by atoms with Crippen LogP contribution in [0, 0.1) is 12.8 Å². The van der Waals surface area contributed by atoms with Crippen LogP contribution in [0.1, 0.15) is 63.5 Å². The van der Waals surface area contributed by atoms with Crippen LogP contribution < -0.4 is 5.32 Å². The van der Waals surface area contributed by atoms with Gasteiger partial charge in [-0.15, -0.1) is 0 Å². The van der Waals surface area contributed by atoms with E-state index in [4.69, 9.17) is 0 Å². The normalized spacial score (nSPS) is 24.6. The maximum absolute atomic E-state index is 3.87. The van der Waals surface area contributed by atoms with Crippen molar-refractivity contribution in [1.82, 2.24) is 5.32 Å². The van der Waals surface area contributed by atoms with E-state index in [1.165, 1.54) is 56.1 Å². The molecule has 1 nitrogen and oxygen atoms in total. The Balaban J connectivity index is 1.73. The largest absolute Gasteiger partial charge is 0.311 e. The van der Waals surface area contributed by atoms with Crippen molar-refractivity contribution in [3.05, 3.63) is 35.4 Å². The molecule has 1 heteroatoms. The Morgan fingerprint density at radius 1 is 1.30 bits per heavy atom. The van der Waals surface area contributed by atoms with E-state index >= 15 is 0 Å². The van der Waals surface area contributed by atoms with Crippen LogP contribution in [0.15, 0.2) is 24.3 Å². The van der Waals surface area contributed by atoms with Crippen LogP contribution in [0.2, 0.25) is 0 Å². The van der Waals surface area contributed by atoms with E-state index in [1.807, 2.05) is 0 Å². The van der Waals surface area contributed by atoms with Gasteiger partial charge in [-0.25, -0.2) is 0 Å². The predicted molar refractivity (Wildman–Crippen MR) is 88.1 cm³/mol. The average molecular weight is 273 g/mol. The molecule has 1 fully saturated rings. The SMILES string of the molecule is CCC1CCCC(NC(C)CCc2cccc(C)c2)C1. The maximum atomic E-state index is 3.87. The maximum Gasteiger partial charge on any atom is 0.00721 e. The summed E-state index contributed by atoms with van der Waals surface area (Å²) in [4.78, 5) is 0. The zero-order valence-corrected chi connectivity index (χ0v) is 13.5. The second-order valence-corrected chi connectivity index (χ2v) is 6.73. The van der Waals surface area contributed by atoms with Gasteiger partial charge in [0.15, 0.2) is 0 Å². The Hall–Kier alpha value is -0.820. The fourth-order valence-electron chi connectivity index (χ4n) is 3.55. The smallest absolute Gasteiger partial charge is 0.00721 e. The minimum atomic E-state index is 0.635. The summed E-state index contributed by atoms with van der Waals surface area (Å²) in [5, 5.41) is 3.87. The molecule has 0 spiro atoms. The predicted octanol–water partition coefficient (Wildman–Crippen LogP) is 4.87. The van der Waals surface area contributed by atoms with E-state index in [0.29, 0.717) is 6.04 Å². The van der Waals surface area contributed by atoms with Crippen LogP contribution in [0.3, 0.4) is 0 Å². The van der Waals surface area contributed by atoms with E-state index in [-0.39, 0.29) is 0 Å². The molecule has 3 unspecified atom stereocenters. The highest BCUT2D eigenvalue weighted by molar-refractivity contribution is 5.22. The van der Waals surface area contributed by atoms with Crippen molar-refractivity contribution in [1.29, 1.82) is 0 Å². The van der Waals surface area contributed by atoms with Crippen molar-refractivity contribution >= 4 is 0 Å². The lowest BCUT2D eigenvalue weighted by atomic mass is 9.84. The molecular weight excluding hydrogens is 242 g/mol. The molecule has 1 aliphatic carbocycles. The fraction of sp³-hybridized carbons (Fsp3) is 0.684. The first-order chi connectivity index (χ1) is 9.67. The highest BCUT2D eigenvalue weighted by Gasteiger charge is 2.21. The summed E-state index contributed by atoms with van der Waals surface area (Å²) in [6.45, 7) is 6.87. The lowest BCUT2D eigenvalue weighted by Crippen LogP contribution is -2.39. The summed E-state index contributed by atoms with van der Waals surface area (Å²) in [7, 11) is 0. The number of rotatable bonds is 6. The van der Waals surface area contributed by atoms with Crippen LogP contribution in [-0.4, -0.2) is 12.1 Å². The van der Waals surface area contributed by atoms with Crippen LogP contribution in [0.5, 0.6) is 0 Å². The molecule has 1 aromatic carbocycles. The molecule has 0 aromatic heterocycles. The van der Waals surface area contributed by atoms with Crippen molar-refractivity contribution in [2.45, 2.75) is 77.8 Å². The van der Waals surface area contributed by atoms with Gasteiger partial charge in [0.05, 0.1) is 0 Å². The van der Waals surface area contributed by atoms with Crippen molar-refractivity contribution in [3.63, 3.8) is 0 Å². The van der Waals surface area contributed by atoms with Gasteiger partial charge in [-0.3, -0.25) is 0 Å². The minimum absolute atomic E-state index is 0.635. The third-order valence-electron chi connectivity index (χ3n) is 4.83. The summed E-state index contributed by atoms with van der Waals surface area (Å²) < 4.78 is 0. The molecule has 0 bridgehead atoms. The van der Waals surface area contributed by atoms with Crippen LogP contribution >= 0.6 is 0 Å². The van der Waals surface area contributed by atoms with Gasteiger partial charge in [-0.2, -0.15) is 0 Å². The lowest BCUT2D eigenvalue weighted by molar-refractivity contribution is 0.262. The monoisotopic (exact) mass is 273 g/mol. The quantitative estimate of drug-likeness (QED) is 0.779. The topological polar surface area (TPSA) is 12.0 Å². The van der Waals surface area contributed by atoms with Gasteiger partial charge >= 0.3 is 0 Å². The molecular formula is C19H31N. The molecule has 2 rings (SSSR count). The Kier molecular flexibility index (Phi) is 6.09. The second-order valence-electron chi connectivity index (χ2n) is 6.73. The van der Waals surface area contributed by atoms with Gasteiger partial charge < -0.3 is 5.32 Å². The van der Waals surface area contributed by atoms with Crippen molar-refractivity contribution < 1.29 is 0 Å². The zero-order chi connectivity index (χ0) is 14.4. The summed E-state index contributed by atoms with van der Waals surface area (Å²) in [5.74, 6) is 0.963. The van der Waals surface area contributed by atoms with Gasteiger partial charge in [-0.05, 0) is 51.0 Å². The molecule has 1 aliphatic rings. The van der Waals surface area contributed by atoms with E-state index < -0.39 is 0 Å². The highest BCUT2D eigenvalue weighted by atomic mass is 14.9. The molecule has 0 radical (unpaired) electrons. The van der Waals surface area contributed by atoms with Crippen LogP contribution in [0.25, 0.3) is 0 Å². The number of hydrogen-bond acceptors (Lipinski definition) is 1. The van der Waals surface area contributed by atoms with Gasteiger partial charge in [0.25, 0.3) is 0 Å². The lowest BCUT2D eigenvalue weighted by Gasteiger charge is -2.31. The van der Waals surface area contributed by atoms with Crippen molar-refractivity contribution in [2.24, 2.45) is 5.92 Å². The second kappa shape index (κ2) is 7.83. The zero-order valence-electron chi connectivity index (χ0n) is 13.5. The Labute approximate surface area is 125 Å².